The fourth-order valence-electron chi connectivity index (χ4n) is 3.54. The average Bonchev–Trinajstić information content (AvgIpc) is 3.38. The number of nitro groups is 1. The molecule has 3 heterocycles. The van der Waals surface area contributed by atoms with Crippen molar-refractivity contribution in [2.45, 2.75) is 24.8 Å². The van der Waals surface area contributed by atoms with Gasteiger partial charge in [-0.2, -0.15) is 0 Å². The Bertz CT molecular complexity index is 1450. The molecule has 1 atom stereocenters. The van der Waals surface area contributed by atoms with Crippen LogP contribution < -0.4 is 14.9 Å². The molecule has 0 fully saturated rings. The van der Waals surface area contributed by atoms with Crippen molar-refractivity contribution in [1.82, 2.24) is 4.57 Å². The minimum absolute atomic E-state index is 0.175. The predicted octanol–water partition coefficient (Wildman–Crippen LogP) is 3.02. The summed E-state index contributed by atoms with van der Waals surface area (Å²) in [5, 5.41) is 10.9. The van der Waals surface area contributed by atoms with E-state index in [1.165, 1.54) is 22.8 Å². The van der Waals surface area contributed by atoms with Crippen LogP contribution in [0.5, 0.6) is 0 Å². The van der Waals surface area contributed by atoms with E-state index in [1.807, 2.05) is 30.5 Å². The number of esters is 1. The highest BCUT2D eigenvalue weighted by atomic mass is 32.2. The standard InChI is InChI=1S/C22H19N3O6S2/c1-4-30-21(27)18-12(2)23-22-24(19(18)13-5-8-15(32-3)9-6-13)20(26)16(33-22)11-14-7-10-17(31-14)25(28)29/h5-11,19H,4H2,1-3H3/b16-11-. The van der Waals surface area contributed by atoms with E-state index in [-0.39, 0.29) is 22.5 Å². The van der Waals surface area contributed by atoms with E-state index in [0.717, 1.165) is 21.8 Å². The molecule has 0 N–H and O–H groups in total. The first-order valence-electron chi connectivity index (χ1n) is 9.92. The number of carbonyl (C=O) groups is 1. The second kappa shape index (κ2) is 9.20. The molecule has 33 heavy (non-hydrogen) atoms. The van der Waals surface area contributed by atoms with Crippen molar-refractivity contribution in [3.05, 3.63) is 88.8 Å². The van der Waals surface area contributed by atoms with Gasteiger partial charge in [0.25, 0.3) is 5.56 Å². The van der Waals surface area contributed by atoms with E-state index in [2.05, 4.69) is 4.99 Å². The Hall–Kier alpha value is -3.44. The summed E-state index contributed by atoms with van der Waals surface area (Å²) in [5.74, 6) is -0.774. The second-order valence-corrected chi connectivity index (χ2v) is 8.90. The van der Waals surface area contributed by atoms with E-state index in [9.17, 15) is 19.7 Å². The second-order valence-electron chi connectivity index (χ2n) is 7.01. The van der Waals surface area contributed by atoms with Crippen LogP contribution >= 0.6 is 23.1 Å². The SMILES string of the molecule is CCOC(=O)C1=C(C)N=c2s/c(=C\c3ccc([N+](=O)[O-])o3)c(=O)n2C1c1ccc(SC)cc1. The maximum absolute atomic E-state index is 13.4. The fraction of sp³-hybridized carbons (Fsp3) is 0.227. The van der Waals surface area contributed by atoms with Gasteiger partial charge in [0.05, 0.1) is 34.5 Å². The minimum Gasteiger partial charge on any atom is -0.463 e. The Balaban J connectivity index is 1.91. The summed E-state index contributed by atoms with van der Waals surface area (Å²) < 4.78 is 12.2. The summed E-state index contributed by atoms with van der Waals surface area (Å²) in [5.41, 5.74) is 1.12. The zero-order chi connectivity index (χ0) is 23.7. The first-order chi connectivity index (χ1) is 15.8. The lowest BCUT2D eigenvalue weighted by molar-refractivity contribution is -0.402. The van der Waals surface area contributed by atoms with E-state index in [4.69, 9.17) is 9.15 Å². The number of rotatable bonds is 6. The number of ether oxygens (including phenoxy) is 1. The molecule has 0 bridgehead atoms. The Labute approximate surface area is 195 Å². The number of hydrogen-bond acceptors (Lipinski definition) is 9. The molecule has 0 saturated heterocycles. The lowest BCUT2D eigenvalue weighted by atomic mass is 9.96. The zero-order valence-corrected chi connectivity index (χ0v) is 19.6. The summed E-state index contributed by atoms with van der Waals surface area (Å²) in [6, 6.07) is 9.53. The number of thioether (sulfide) groups is 1. The lowest BCUT2D eigenvalue weighted by Gasteiger charge is -2.24. The maximum atomic E-state index is 13.4. The van der Waals surface area contributed by atoms with Gasteiger partial charge in [0.1, 0.15) is 10.7 Å². The van der Waals surface area contributed by atoms with Crippen LogP contribution in [0.4, 0.5) is 5.88 Å². The van der Waals surface area contributed by atoms with Gasteiger partial charge >= 0.3 is 11.9 Å². The Morgan fingerprint density at radius 3 is 2.67 bits per heavy atom. The average molecular weight is 486 g/mol. The third-order valence-electron chi connectivity index (χ3n) is 5.01. The molecule has 1 aliphatic rings. The number of nitrogens with zero attached hydrogens (tertiary/aromatic N) is 3. The Morgan fingerprint density at radius 1 is 1.33 bits per heavy atom. The van der Waals surface area contributed by atoms with Crippen LogP contribution in [-0.2, 0) is 9.53 Å². The monoisotopic (exact) mass is 485 g/mol. The van der Waals surface area contributed by atoms with Gasteiger partial charge in [-0.05, 0) is 43.9 Å². The molecule has 0 saturated carbocycles. The number of fused-ring (bicyclic) bond motifs is 1. The van der Waals surface area contributed by atoms with Crippen molar-refractivity contribution in [1.29, 1.82) is 0 Å². The zero-order valence-electron chi connectivity index (χ0n) is 17.9. The van der Waals surface area contributed by atoms with Crippen LogP contribution in [0, 0.1) is 10.1 Å². The summed E-state index contributed by atoms with van der Waals surface area (Å²) in [4.78, 5) is 42.5. The van der Waals surface area contributed by atoms with E-state index >= 15 is 0 Å². The van der Waals surface area contributed by atoms with Crippen LogP contribution in [0.25, 0.3) is 6.08 Å². The van der Waals surface area contributed by atoms with Crippen molar-refractivity contribution in [3.8, 4) is 0 Å². The van der Waals surface area contributed by atoms with Crippen molar-refractivity contribution in [3.63, 3.8) is 0 Å². The summed E-state index contributed by atoms with van der Waals surface area (Å²) in [6.07, 6.45) is 3.40. The molecule has 1 unspecified atom stereocenters. The molecule has 0 spiro atoms. The number of aromatic nitrogens is 1. The van der Waals surface area contributed by atoms with E-state index < -0.39 is 22.8 Å². The number of allylic oxidation sites excluding steroid dienone is 1. The molecule has 170 valence electrons. The quantitative estimate of drug-likeness (QED) is 0.228. The number of benzene rings is 1. The molecule has 2 aromatic heterocycles. The molecule has 1 aromatic carbocycles. The van der Waals surface area contributed by atoms with Gasteiger partial charge in [0.2, 0.25) is 0 Å². The summed E-state index contributed by atoms with van der Waals surface area (Å²) in [7, 11) is 0. The molecular weight excluding hydrogens is 466 g/mol. The molecule has 3 aromatic rings. The van der Waals surface area contributed by atoms with Gasteiger partial charge in [0, 0.05) is 11.0 Å². The largest absolute Gasteiger partial charge is 0.463 e. The van der Waals surface area contributed by atoms with Crippen molar-refractivity contribution in [2.75, 3.05) is 12.9 Å². The van der Waals surface area contributed by atoms with Crippen LogP contribution in [0.15, 0.2) is 66.8 Å². The maximum Gasteiger partial charge on any atom is 0.433 e. The first kappa shape index (κ1) is 22.7. The van der Waals surface area contributed by atoms with Crippen molar-refractivity contribution in [2.24, 2.45) is 4.99 Å². The molecule has 1 aliphatic heterocycles. The molecule has 0 radical (unpaired) electrons. The molecular formula is C22H19N3O6S2. The van der Waals surface area contributed by atoms with Crippen LogP contribution in [0.3, 0.4) is 0 Å². The smallest absolute Gasteiger partial charge is 0.433 e. The molecule has 9 nitrogen and oxygen atoms in total. The third kappa shape index (κ3) is 4.29. The number of hydrogen-bond donors (Lipinski definition) is 0. The number of thiazole rings is 1. The Morgan fingerprint density at radius 2 is 2.06 bits per heavy atom. The van der Waals surface area contributed by atoms with Gasteiger partial charge in [-0.15, -0.1) is 11.8 Å². The van der Waals surface area contributed by atoms with Gasteiger partial charge in [-0.3, -0.25) is 19.5 Å². The van der Waals surface area contributed by atoms with E-state index in [1.54, 1.807) is 25.6 Å². The first-order valence-corrected chi connectivity index (χ1v) is 12.0. The topological polar surface area (TPSA) is 117 Å². The number of furan rings is 1. The third-order valence-corrected chi connectivity index (χ3v) is 6.74. The normalized spacial score (nSPS) is 15.8. The lowest BCUT2D eigenvalue weighted by Crippen LogP contribution is -2.39. The van der Waals surface area contributed by atoms with Gasteiger partial charge in [-0.1, -0.05) is 23.5 Å². The predicted molar refractivity (Wildman–Crippen MR) is 124 cm³/mol. The van der Waals surface area contributed by atoms with Gasteiger partial charge in [0.15, 0.2) is 4.80 Å². The fourth-order valence-corrected chi connectivity index (χ4v) is 4.98. The van der Waals surface area contributed by atoms with Crippen LogP contribution in [-0.4, -0.2) is 28.3 Å². The highest BCUT2D eigenvalue weighted by molar-refractivity contribution is 7.98. The Kier molecular flexibility index (Phi) is 6.34. The van der Waals surface area contributed by atoms with Gasteiger partial charge in [-0.25, -0.2) is 9.79 Å². The molecule has 0 amide bonds. The number of carbonyl (C=O) groups excluding carboxylic acids is 1. The van der Waals surface area contributed by atoms with Crippen molar-refractivity contribution < 1.29 is 18.9 Å². The highest BCUT2D eigenvalue weighted by Gasteiger charge is 2.33. The van der Waals surface area contributed by atoms with Crippen LogP contribution in [0.2, 0.25) is 0 Å². The molecule has 11 heteroatoms. The molecule has 4 rings (SSSR count). The minimum atomic E-state index is -0.718. The van der Waals surface area contributed by atoms with Gasteiger partial charge < -0.3 is 9.15 Å². The highest BCUT2D eigenvalue weighted by Crippen LogP contribution is 2.31. The van der Waals surface area contributed by atoms with E-state index in [0.29, 0.717) is 16.1 Å². The van der Waals surface area contributed by atoms with Crippen LogP contribution in [0.1, 0.15) is 31.2 Å². The molecule has 0 aliphatic carbocycles. The van der Waals surface area contributed by atoms with Crippen molar-refractivity contribution >= 4 is 41.0 Å². The summed E-state index contributed by atoms with van der Waals surface area (Å²) in [6.45, 7) is 3.62. The summed E-state index contributed by atoms with van der Waals surface area (Å²) >= 11 is 2.71.